The molecule has 0 unspecified atom stereocenters. The van der Waals surface area contributed by atoms with Gasteiger partial charge in [0.1, 0.15) is 5.82 Å². The van der Waals surface area contributed by atoms with Gasteiger partial charge in [0.05, 0.1) is 8.07 Å². The average molecular weight is 304 g/mol. The summed E-state index contributed by atoms with van der Waals surface area (Å²) < 4.78 is 69.3. The summed E-state index contributed by atoms with van der Waals surface area (Å²) in [4.78, 5) is 0. The molecule has 0 N–H and O–H groups in total. The number of allylic oxidation sites excluding steroid dienone is 4. The number of alkyl halides is 2. The molecule has 0 aromatic heterocycles. The second kappa shape index (κ2) is 4.55. The molecule has 0 fully saturated rings. The lowest BCUT2D eigenvalue weighted by molar-refractivity contribution is 0.0659. The Bertz CT molecular complexity index is 623. The SMILES string of the molecule is C[Si](C)(C)C1=C(c2ccccc2F)C(F)=C(F)C1(F)F. The zero-order valence-electron chi connectivity index (χ0n) is 11.2. The minimum Gasteiger partial charge on any atom is -0.206 e. The molecular weight excluding hydrogens is 291 g/mol. The van der Waals surface area contributed by atoms with E-state index < -0.39 is 42.2 Å². The molecule has 1 aromatic carbocycles. The highest BCUT2D eigenvalue weighted by molar-refractivity contribution is 6.84. The molecule has 1 aliphatic rings. The zero-order chi connectivity index (χ0) is 15.3. The molecule has 2 rings (SSSR count). The number of hydrogen-bond donors (Lipinski definition) is 0. The Balaban J connectivity index is 2.83. The highest BCUT2D eigenvalue weighted by Crippen LogP contribution is 2.52. The summed E-state index contributed by atoms with van der Waals surface area (Å²) in [5.41, 5.74) is -0.945. The summed E-state index contributed by atoms with van der Waals surface area (Å²) in [6.45, 7) is 4.63. The number of hydrogen-bond acceptors (Lipinski definition) is 0. The highest BCUT2D eigenvalue weighted by atomic mass is 28.3. The van der Waals surface area contributed by atoms with Crippen LogP contribution in [0, 0.1) is 5.82 Å². The third-order valence-electron chi connectivity index (χ3n) is 3.15. The van der Waals surface area contributed by atoms with E-state index in [0.29, 0.717) is 0 Å². The predicted molar refractivity (Wildman–Crippen MR) is 70.9 cm³/mol. The normalized spacial score (nSPS) is 19.0. The molecule has 1 aliphatic carbocycles. The van der Waals surface area contributed by atoms with Crippen molar-refractivity contribution in [1.29, 1.82) is 0 Å². The van der Waals surface area contributed by atoms with Crippen molar-refractivity contribution in [2.24, 2.45) is 0 Å². The van der Waals surface area contributed by atoms with Crippen molar-refractivity contribution in [3.05, 3.63) is 52.5 Å². The third kappa shape index (κ3) is 2.12. The van der Waals surface area contributed by atoms with Crippen LogP contribution in [0.1, 0.15) is 5.56 Å². The number of halogens is 5. The van der Waals surface area contributed by atoms with E-state index in [1.54, 1.807) is 19.6 Å². The van der Waals surface area contributed by atoms with Gasteiger partial charge in [0.2, 0.25) is 5.83 Å². The van der Waals surface area contributed by atoms with Crippen LogP contribution >= 0.6 is 0 Å². The van der Waals surface area contributed by atoms with Gasteiger partial charge in [-0.1, -0.05) is 37.8 Å². The van der Waals surface area contributed by atoms with E-state index in [1.165, 1.54) is 18.2 Å². The molecule has 0 spiro atoms. The minimum absolute atomic E-state index is 0.324. The Morgan fingerprint density at radius 2 is 1.50 bits per heavy atom. The second-order valence-corrected chi connectivity index (χ2v) is 10.7. The van der Waals surface area contributed by atoms with Gasteiger partial charge in [0.15, 0.2) is 5.83 Å². The quantitative estimate of drug-likeness (QED) is 0.516. The van der Waals surface area contributed by atoms with Crippen molar-refractivity contribution in [3.63, 3.8) is 0 Å². The lowest BCUT2D eigenvalue weighted by Crippen LogP contribution is -2.36. The molecular formula is C14H13F5Si. The third-order valence-corrected chi connectivity index (χ3v) is 5.21. The Labute approximate surface area is 114 Å². The van der Waals surface area contributed by atoms with Crippen LogP contribution in [0.5, 0.6) is 0 Å². The van der Waals surface area contributed by atoms with Crippen LogP contribution < -0.4 is 0 Å². The van der Waals surface area contributed by atoms with E-state index >= 15 is 0 Å². The maximum atomic E-state index is 14.0. The zero-order valence-corrected chi connectivity index (χ0v) is 12.2. The van der Waals surface area contributed by atoms with Crippen LogP contribution in [0.3, 0.4) is 0 Å². The van der Waals surface area contributed by atoms with Crippen LogP contribution in [0.4, 0.5) is 22.0 Å². The Morgan fingerprint density at radius 3 is 2.00 bits per heavy atom. The van der Waals surface area contributed by atoms with E-state index in [4.69, 9.17) is 0 Å². The minimum atomic E-state index is -3.99. The Kier molecular flexibility index (Phi) is 3.40. The van der Waals surface area contributed by atoms with Gasteiger partial charge in [-0.3, -0.25) is 0 Å². The van der Waals surface area contributed by atoms with Crippen molar-refractivity contribution in [3.8, 4) is 0 Å². The average Bonchev–Trinajstić information content (AvgIpc) is 2.50. The van der Waals surface area contributed by atoms with Gasteiger partial charge < -0.3 is 0 Å². The molecule has 1 aromatic rings. The summed E-state index contributed by atoms with van der Waals surface area (Å²) in [5.74, 6) is -8.61. The maximum Gasteiger partial charge on any atom is 0.320 e. The van der Waals surface area contributed by atoms with Crippen molar-refractivity contribution >= 4 is 13.6 Å². The van der Waals surface area contributed by atoms with Crippen molar-refractivity contribution in [1.82, 2.24) is 0 Å². The molecule has 0 radical (unpaired) electrons. The largest absolute Gasteiger partial charge is 0.320 e. The van der Waals surface area contributed by atoms with Gasteiger partial charge in [-0.2, -0.15) is 8.78 Å². The fraction of sp³-hybridized carbons (Fsp3) is 0.286. The first-order valence-corrected chi connectivity index (χ1v) is 9.52. The molecule has 0 aliphatic heterocycles. The summed E-state index contributed by atoms with van der Waals surface area (Å²) in [6.07, 6.45) is 0. The number of rotatable bonds is 2. The van der Waals surface area contributed by atoms with Gasteiger partial charge in [-0.25, -0.2) is 13.2 Å². The van der Waals surface area contributed by atoms with E-state index in [1.807, 2.05) is 0 Å². The van der Waals surface area contributed by atoms with Crippen LogP contribution in [0.15, 0.2) is 41.1 Å². The molecule has 0 amide bonds. The van der Waals surface area contributed by atoms with Crippen molar-refractivity contribution in [2.75, 3.05) is 0 Å². The first kappa shape index (κ1) is 15.0. The monoisotopic (exact) mass is 304 g/mol. The standard InChI is InChI=1S/C14H13F5Si/c1-20(2,3)13-10(8-6-4-5-7-9(8)15)11(16)12(17)14(13,18)19/h4-7H,1-3H3. The van der Waals surface area contributed by atoms with Crippen LogP contribution in [0.2, 0.25) is 19.6 Å². The van der Waals surface area contributed by atoms with Crippen LogP contribution in [-0.2, 0) is 0 Å². The fourth-order valence-electron chi connectivity index (χ4n) is 2.39. The smallest absolute Gasteiger partial charge is 0.206 e. The molecule has 0 saturated heterocycles. The van der Waals surface area contributed by atoms with Crippen molar-refractivity contribution < 1.29 is 22.0 Å². The van der Waals surface area contributed by atoms with Gasteiger partial charge >= 0.3 is 5.92 Å². The molecule has 0 atom stereocenters. The maximum absolute atomic E-state index is 14.0. The van der Waals surface area contributed by atoms with Gasteiger partial charge in [0.25, 0.3) is 0 Å². The first-order valence-electron chi connectivity index (χ1n) is 6.02. The highest BCUT2D eigenvalue weighted by Gasteiger charge is 2.54. The van der Waals surface area contributed by atoms with Crippen molar-refractivity contribution in [2.45, 2.75) is 25.6 Å². The molecule has 0 nitrogen and oxygen atoms in total. The first-order chi connectivity index (χ1) is 9.08. The van der Waals surface area contributed by atoms with E-state index in [2.05, 4.69) is 0 Å². The van der Waals surface area contributed by atoms with Gasteiger partial charge in [0, 0.05) is 16.3 Å². The molecule has 108 valence electrons. The summed E-state index contributed by atoms with van der Waals surface area (Å²) in [7, 11) is -2.77. The summed E-state index contributed by atoms with van der Waals surface area (Å²) in [5, 5.41) is -0.606. The summed E-state index contributed by atoms with van der Waals surface area (Å²) >= 11 is 0. The predicted octanol–water partition coefficient (Wildman–Crippen LogP) is 5.26. The molecule has 0 saturated carbocycles. The number of benzene rings is 1. The van der Waals surface area contributed by atoms with Gasteiger partial charge in [-0.15, -0.1) is 0 Å². The summed E-state index contributed by atoms with van der Waals surface area (Å²) in [6, 6.07) is 4.97. The topological polar surface area (TPSA) is 0 Å². The van der Waals surface area contributed by atoms with Crippen LogP contribution in [-0.4, -0.2) is 14.0 Å². The van der Waals surface area contributed by atoms with Gasteiger partial charge in [-0.05, 0) is 6.07 Å². The fourth-order valence-corrected chi connectivity index (χ4v) is 4.43. The van der Waals surface area contributed by atoms with E-state index in [0.717, 1.165) is 6.07 Å². The second-order valence-electron chi connectivity index (χ2n) is 5.68. The lowest BCUT2D eigenvalue weighted by Gasteiger charge is -2.26. The lowest BCUT2D eigenvalue weighted by atomic mass is 10.1. The molecule has 6 heteroatoms. The van der Waals surface area contributed by atoms with E-state index in [-0.39, 0.29) is 5.56 Å². The molecule has 0 heterocycles. The van der Waals surface area contributed by atoms with E-state index in [9.17, 15) is 22.0 Å². The van der Waals surface area contributed by atoms with Crippen LogP contribution in [0.25, 0.3) is 5.57 Å². The Hall–Kier alpha value is -1.43. The molecule has 20 heavy (non-hydrogen) atoms. The Morgan fingerprint density at radius 1 is 0.950 bits per heavy atom. The molecule has 0 bridgehead atoms.